The zero-order chi connectivity index (χ0) is 26.4. The predicted octanol–water partition coefficient (Wildman–Crippen LogP) is 6.89. The van der Waals surface area contributed by atoms with Crippen molar-refractivity contribution in [2.75, 3.05) is 26.2 Å². The van der Waals surface area contributed by atoms with Crippen LogP contribution in [-0.2, 0) is 4.79 Å². The number of piperazine rings is 1. The maximum absolute atomic E-state index is 14.9. The fraction of sp³-hybridized carbons (Fsp3) is 0.400. The third kappa shape index (κ3) is 6.24. The van der Waals surface area contributed by atoms with Crippen molar-refractivity contribution >= 4 is 23.4 Å². The van der Waals surface area contributed by atoms with E-state index in [9.17, 15) is 14.0 Å². The highest BCUT2D eigenvalue weighted by Crippen LogP contribution is 2.32. The molecule has 0 aliphatic carbocycles. The Hall–Kier alpha value is -3.12. The molecule has 2 aromatic carbocycles. The lowest BCUT2D eigenvalue weighted by Gasteiger charge is -2.35. The summed E-state index contributed by atoms with van der Waals surface area (Å²) in [6, 6.07) is 15.7. The van der Waals surface area contributed by atoms with Gasteiger partial charge in [-0.1, -0.05) is 68.5 Å². The highest BCUT2D eigenvalue weighted by atomic mass is 35.5. The summed E-state index contributed by atoms with van der Waals surface area (Å²) >= 11 is 6.10. The van der Waals surface area contributed by atoms with Crippen molar-refractivity contribution in [1.29, 1.82) is 0 Å². The number of nitrogens with zero attached hydrogens (tertiary/aromatic N) is 3. The molecular weight excluding hydrogens is 489 g/mol. The van der Waals surface area contributed by atoms with Crippen LogP contribution in [-0.4, -0.2) is 52.4 Å². The Bertz CT molecular complexity index is 1230. The minimum absolute atomic E-state index is 0.102. The number of hydrogen-bond acceptors (Lipinski definition) is 2. The third-order valence-corrected chi connectivity index (χ3v) is 7.38. The van der Waals surface area contributed by atoms with Crippen molar-refractivity contribution in [3.8, 4) is 16.9 Å². The Balaban J connectivity index is 1.52. The summed E-state index contributed by atoms with van der Waals surface area (Å²) in [5.74, 6) is -0.290. The molecule has 1 aromatic heterocycles. The van der Waals surface area contributed by atoms with Crippen LogP contribution in [0.15, 0.2) is 54.6 Å². The van der Waals surface area contributed by atoms with Crippen LogP contribution in [0.4, 0.5) is 4.39 Å². The average molecular weight is 524 g/mol. The van der Waals surface area contributed by atoms with Gasteiger partial charge in [-0.3, -0.25) is 9.59 Å². The maximum atomic E-state index is 14.9. The number of unbranched alkanes of at least 4 members (excludes halogenated alkanes) is 4. The number of halogens is 2. The van der Waals surface area contributed by atoms with Gasteiger partial charge in [-0.25, -0.2) is 4.39 Å². The van der Waals surface area contributed by atoms with E-state index in [1.807, 2.05) is 30.0 Å². The summed E-state index contributed by atoms with van der Waals surface area (Å²) in [4.78, 5) is 29.9. The minimum atomic E-state index is -0.364. The second kappa shape index (κ2) is 12.4. The number of hydrogen-bond donors (Lipinski definition) is 0. The van der Waals surface area contributed by atoms with Crippen LogP contribution in [0.2, 0.25) is 5.02 Å². The molecule has 5 nitrogen and oxygen atoms in total. The summed E-state index contributed by atoms with van der Waals surface area (Å²) in [5.41, 5.74) is 3.15. The molecule has 0 bridgehead atoms. The van der Waals surface area contributed by atoms with Crippen molar-refractivity contribution in [3.63, 3.8) is 0 Å². The lowest BCUT2D eigenvalue weighted by atomic mass is 10.1. The van der Waals surface area contributed by atoms with Gasteiger partial charge in [0.2, 0.25) is 5.91 Å². The summed E-state index contributed by atoms with van der Waals surface area (Å²) in [7, 11) is 0. The van der Waals surface area contributed by atoms with E-state index >= 15 is 0 Å². The van der Waals surface area contributed by atoms with Crippen LogP contribution in [0, 0.1) is 12.7 Å². The molecule has 0 saturated carbocycles. The summed E-state index contributed by atoms with van der Waals surface area (Å²) in [5, 5.41) is 0.606. The second-order valence-corrected chi connectivity index (χ2v) is 10.1. The number of para-hydroxylation sites is 1. The van der Waals surface area contributed by atoms with Crippen LogP contribution < -0.4 is 0 Å². The second-order valence-electron chi connectivity index (χ2n) is 9.66. The van der Waals surface area contributed by atoms with E-state index in [0.29, 0.717) is 54.6 Å². The smallest absolute Gasteiger partial charge is 0.255 e. The van der Waals surface area contributed by atoms with E-state index in [1.165, 1.54) is 25.3 Å². The van der Waals surface area contributed by atoms with Gasteiger partial charge in [0.25, 0.3) is 5.91 Å². The Kier molecular flexibility index (Phi) is 9.04. The zero-order valence-electron chi connectivity index (χ0n) is 21.7. The molecule has 1 saturated heterocycles. The highest BCUT2D eigenvalue weighted by molar-refractivity contribution is 6.30. The summed E-state index contributed by atoms with van der Waals surface area (Å²) < 4.78 is 16.7. The van der Waals surface area contributed by atoms with Crippen LogP contribution in [0.5, 0.6) is 0 Å². The molecule has 0 unspecified atom stereocenters. The molecule has 2 heterocycles. The van der Waals surface area contributed by atoms with Gasteiger partial charge in [0.1, 0.15) is 5.82 Å². The van der Waals surface area contributed by atoms with Crippen molar-refractivity contribution in [3.05, 3.63) is 76.7 Å². The standard InChI is InChI=1S/C30H35ClFN3O2/c1-3-4-5-6-7-12-29(36)33-17-19-34(20-18-33)30(37)25-21-28(23-13-15-24(31)16-14-23)35(22(25)2)27-11-9-8-10-26(27)32/h8-11,13-16,21H,3-7,12,17-20H2,1-2H3. The number of aromatic nitrogens is 1. The van der Waals surface area contributed by atoms with E-state index in [2.05, 4.69) is 6.92 Å². The molecule has 0 radical (unpaired) electrons. The van der Waals surface area contributed by atoms with Crippen molar-refractivity contribution < 1.29 is 14.0 Å². The molecule has 7 heteroatoms. The van der Waals surface area contributed by atoms with E-state index in [0.717, 1.165) is 24.1 Å². The van der Waals surface area contributed by atoms with E-state index in [4.69, 9.17) is 11.6 Å². The van der Waals surface area contributed by atoms with Crippen LogP contribution in [0.25, 0.3) is 16.9 Å². The highest BCUT2D eigenvalue weighted by Gasteiger charge is 2.28. The van der Waals surface area contributed by atoms with Crippen LogP contribution >= 0.6 is 11.6 Å². The molecule has 1 aliphatic heterocycles. The Labute approximate surface area is 223 Å². The first-order valence-electron chi connectivity index (χ1n) is 13.2. The lowest BCUT2D eigenvalue weighted by Crippen LogP contribution is -2.50. The molecule has 1 fully saturated rings. The van der Waals surface area contributed by atoms with Gasteiger partial charge >= 0.3 is 0 Å². The average Bonchev–Trinajstić information content (AvgIpc) is 3.25. The van der Waals surface area contributed by atoms with E-state index in [-0.39, 0.29) is 17.6 Å². The van der Waals surface area contributed by atoms with Gasteiger partial charge in [-0.2, -0.15) is 0 Å². The van der Waals surface area contributed by atoms with Crippen molar-refractivity contribution in [2.45, 2.75) is 52.4 Å². The quantitative estimate of drug-likeness (QED) is 0.287. The molecule has 4 rings (SSSR count). The minimum Gasteiger partial charge on any atom is -0.339 e. The van der Waals surface area contributed by atoms with Gasteiger partial charge in [0.05, 0.1) is 16.9 Å². The normalized spacial score (nSPS) is 13.7. The topological polar surface area (TPSA) is 45.6 Å². The van der Waals surface area contributed by atoms with Crippen molar-refractivity contribution in [2.24, 2.45) is 0 Å². The van der Waals surface area contributed by atoms with Crippen molar-refractivity contribution in [1.82, 2.24) is 14.4 Å². The fourth-order valence-corrected chi connectivity index (χ4v) is 5.09. The maximum Gasteiger partial charge on any atom is 0.255 e. The number of carbonyl (C=O) groups excluding carboxylic acids is 2. The first-order chi connectivity index (χ1) is 17.9. The van der Waals surface area contributed by atoms with Crippen LogP contribution in [0.3, 0.4) is 0 Å². The monoisotopic (exact) mass is 523 g/mol. The molecule has 3 aromatic rings. The summed E-state index contributed by atoms with van der Waals surface area (Å²) in [6.45, 7) is 6.08. The molecular formula is C30H35ClFN3O2. The number of benzene rings is 2. The molecule has 0 spiro atoms. The number of amides is 2. The van der Waals surface area contributed by atoms with E-state index < -0.39 is 0 Å². The first kappa shape index (κ1) is 26.9. The largest absolute Gasteiger partial charge is 0.339 e. The fourth-order valence-electron chi connectivity index (χ4n) is 4.97. The lowest BCUT2D eigenvalue weighted by molar-refractivity contribution is -0.132. The summed E-state index contributed by atoms with van der Waals surface area (Å²) in [6.07, 6.45) is 6.17. The van der Waals surface area contributed by atoms with Gasteiger partial charge in [-0.15, -0.1) is 0 Å². The first-order valence-corrected chi connectivity index (χ1v) is 13.6. The van der Waals surface area contributed by atoms with Gasteiger partial charge in [0.15, 0.2) is 0 Å². The van der Waals surface area contributed by atoms with Gasteiger partial charge < -0.3 is 14.4 Å². The predicted molar refractivity (Wildman–Crippen MR) is 147 cm³/mol. The third-order valence-electron chi connectivity index (χ3n) is 7.12. The Morgan fingerprint density at radius 2 is 1.54 bits per heavy atom. The zero-order valence-corrected chi connectivity index (χ0v) is 22.4. The van der Waals surface area contributed by atoms with Gasteiger partial charge in [-0.05, 0) is 49.2 Å². The number of carbonyl (C=O) groups is 2. The molecule has 37 heavy (non-hydrogen) atoms. The molecule has 1 aliphatic rings. The number of rotatable bonds is 9. The molecule has 0 N–H and O–H groups in total. The molecule has 2 amide bonds. The molecule has 196 valence electrons. The van der Waals surface area contributed by atoms with Gasteiger partial charge in [0, 0.05) is 43.3 Å². The van der Waals surface area contributed by atoms with Crippen LogP contribution in [0.1, 0.15) is 61.5 Å². The molecule has 0 atom stereocenters. The van der Waals surface area contributed by atoms with E-state index in [1.54, 1.807) is 39.8 Å². The Morgan fingerprint density at radius 1 is 0.892 bits per heavy atom. The Morgan fingerprint density at radius 3 is 2.22 bits per heavy atom. The SMILES string of the molecule is CCCCCCCC(=O)N1CCN(C(=O)c2cc(-c3ccc(Cl)cc3)n(-c3ccccc3F)c2C)CC1.